The standard InChI is InChI=1S/C52H60N10O6S/c53-48-46-47(36-20-22-39(23-21-36)68-38-15-7-6-8-16-38)57-62(49(46)55-35-54-48)37-14-12-28-60(34-37)44(64)19-13-27-59-31-29-58(30-32-59)26-9-4-2-1-3-5-10-33-69-42-18-11-17-40-45(42)52(67)61(51(40)66)41-24-25-43(63)56-50(41)65/h6-8,11,13,15-23,35,37,41H,1-5,9-10,12,14,24-34H2,(H2,53,54,55)(H,56,63,65)/b19-13+. The van der Waals surface area contributed by atoms with Gasteiger partial charge in [0.2, 0.25) is 17.7 Å². The number of nitrogen functional groups attached to an aromatic ring is 1. The quantitative estimate of drug-likeness (QED) is 0.0369. The molecule has 5 aromatic rings. The predicted molar refractivity (Wildman–Crippen MR) is 265 cm³/mol. The summed E-state index contributed by atoms with van der Waals surface area (Å²) in [5, 5.41) is 8.01. The summed E-state index contributed by atoms with van der Waals surface area (Å²) in [6.45, 7) is 7.14. The van der Waals surface area contributed by atoms with Crippen LogP contribution in [0.1, 0.15) is 97.4 Å². The van der Waals surface area contributed by atoms with Crippen LogP contribution in [0.4, 0.5) is 5.82 Å². The van der Waals surface area contributed by atoms with Gasteiger partial charge in [-0.3, -0.25) is 39.1 Å². The topological polar surface area (TPSA) is 189 Å². The van der Waals surface area contributed by atoms with E-state index in [4.69, 9.17) is 15.6 Å². The number of aromatic nitrogens is 4. The number of fused-ring (bicyclic) bond motifs is 2. The average molecular weight is 953 g/mol. The van der Waals surface area contributed by atoms with Crippen molar-refractivity contribution in [2.24, 2.45) is 0 Å². The highest BCUT2D eigenvalue weighted by Gasteiger charge is 2.45. The third-order valence-electron chi connectivity index (χ3n) is 13.6. The lowest BCUT2D eigenvalue weighted by Gasteiger charge is -2.34. The Labute approximate surface area is 406 Å². The van der Waals surface area contributed by atoms with Crippen molar-refractivity contribution in [2.75, 3.05) is 63.8 Å². The number of hydrogen-bond acceptors (Lipinski definition) is 13. The zero-order valence-corrected chi connectivity index (χ0v) is 39.8. The highest BCUT2D eigenvalue weighted by atomic mass is 32.2. The van der Waals surface area contributed by atoms with E-state index in [9.17, 15) is 24.0 Å². The number of nitrogens with two attached hydrogens (primary N) is 1. The lowest BCUT2D eigenvalue weighted by atomic mass is 10.0. The monoisotopic (exact) mass is 952 g/mol. The van der Waals surface area contributed by atoms with Gasteiger partial charge in [0.25, 0.3) is 11.8 Å². The predicted octanol–water partition coefficient (Wildman–Crippen LogP) is 7.13. The van der Waals surface area contributed by atoms with Gasteiger partial charge < -0.3 is 20.3 Å². The molecule has 3 aromatic carbocycles. The van der Waals surface area contributed by atoms with Crippen LogP contribution < -0.4 is 15.8 Å². The van der Waals surface area contributed by atoms with Gasteiger partial charge in [-0.15, -0.1) is 11.8 Å². The summed E-state index contributed by atoms with van der Waals surface area (Å²) in [6.07, 6.45) is 15.3. The normalized spacial score (nSPS) is 19.2. The average Bonchev–Trinajstić information content (AvgIpc) is 3.88. The van der Waals surface area contributed by atoms with Gasteiger partial charge in [-0.25, -0.2) is 14.6 Å². The van der Waals surface area contributed by atoms with Crippen molar-refractivity contribution in [1.82, 2.24) is 44.7 Å². The number of ether oxygens (including phenoxy) is 1. The van der Waals surface area contributed by atoms with Crippen LogP contribution in [0, 0.1) is 0 Å². The number of carbonyl (C=O) groups is 5. The maximum atomic E-state index is 13.5. The van der Waals surface area contributed by atoms with E-state index in [-0.39, 0.29) is 30.7 Å². The first kappa shape index (κ1) is 47.6. The Balaban J connectivity index is 0.650. The van der Waals surface area contributed by atoms with Crippen molar-refractivity contribution in [3.8, 4) is 22.8 Å². The number of nitrogens with one attached hydrogen (secondary N) is 1. The van der Waals surface area contributed by atoms with Gasteiger partial charge in [0, 0.05) is 68.8 Å². The molecule has 0 bridgehead atoms. The van der Waals surface area contributed by atoms with Gasteiger partial charge in [-0.2, -0.15) is 5.10 Å². The smallest absolute Gasteiger partial charge is 0.263 e. The van der Waals surface area contributed by atoms with E-state index in [1.807, 2.05) is 76.3 Å². The Kier molecular flexibility index (Phi) is 15.4. The Morgan fingerprint density at radius 2 is 1.54 bits per heavy atom. The van der Waals surface area contributed by atoms with Crippen LogP contribution in [0.25, 0.3) is 22.3 Å². The third kappa shape index (κ3) is 11.2. The fourth-order valence-electron chi connectivity index (χ4n) is 9.82. The van der Waals surface area contributed by atoms with Gasteiger partial charge in [0.05, 0.1) is 22.6 Å². The summed E-state index contributed by atoms with van der Waals surface area (Å²) in [6, 6.07) is 21.7. The van der Waals surface area contributed by atoms with Crippen LogP contribution in [0.15, 0.2) is 96.2 Å². The number of benzene rings is 3. The summed E-state index contributed by atoms with van der Waals surface area (Å²) in [5.41, 5.74) is 9.38. The van der Waals surface area contributed by atoms with Crippen molar-refractivity contribution in [2.45, 2.75) is 87.6 Å². The Hall–Kier alpha value is -6.43. The minimum atomic E-state index is -0.956. The molecule has 2 aromatic heterocycles. The summed E-state index contributed by atoms with van der Waals surface area (Å²) >= 11 is 1.59. The van der Waals surface area contributed by atoms with Gasteiger partial charge in [-0.05, 0) is 92.9 Å². The maximum absolute atomic E-state index is 13.5. The zero-order chi connectivity index (χ0) is 47.7. The molecule has 0 aliphatic carbocycles. The van der Waals surface area contributed by atoms with Crippen LogP contribution in [0.2, 0.25) is 0 Å². The van der Waals surface area contributed by atoms with E-state index in [0.29, 0.717) is 52.5 Å². The second kappa shape index (κ2) is 22.3. The number of para-hydroxylation sites is 1. The molecule has 16 nitrogen and oxygen atoms in total. The number of anilines is 1. The first-order chi connectivity index (χ1) is 33.7. The molecule has 9 rings (SSSR count). The molecule has 4 aliphatic heterocycles. The molecule has 6 heterocycles. The Morgan fingerprint density at radius 1 is 0.797 bits per heavy atom. The summed E-state index contributed by atoms with van der Waals surface area (Å²) < 4.78 is 7.93. The number of thioether (sulfide) groups is 1. The number of piperazine rings is 1. The first-order valence-corrected chi connectivity index (χ1v) is 25.4. The van der Waals surface area contributed by atoms with Gasteiger partial charge in [0.15, 0.2) is 5.65 Å². The van der Waals surface area contributed by atoms with Crippen LogP contribution in [-0.4, -0.2) is 133 Å². The first-order valence-electron chi connectivity index (χ1n) is 24.4. The van der Waals surface area contributed by atoms with Gasteiger partial charge in [-0.1, -0.05) is 62.4 Å². The van der Waals surface area contributed by atoms with Crippen molar-refractivity contribution in [1.29, 1.82) is 0 Å². The second-order valence-electron chi connectivity index (χ2n) is 18.3. The molecule has 2 atom stereocenters. The molecule has 17 heteroatoms. The molecule has 360 valence electrons. The maximum Gasteiger partial charge on any atom is 0.263 e. The van der Waals surface area contributed by atoms with E-state index >= 15 is 0 Å². The van der Waals surface area contributed by atoms with Crippen molar-refractivity contribution < 1.29 is 28.7 Å². The molecular weight excluding hydrogens is 893 g/mol. The number of imide groups is 2. The van der Waals surface area contributed by atoms with Gasteiger partial charge >= 0.3 is 0 Å². The van der Waals surface area contributed by atoms with E-state index in [0.717, 1.165) is 98.2 Å². The number of likely N-dealkylation sites (tertiary alicyclic amines) is 1. The molecule has 0 saturated carbocycles. The minimum Gasteiger partial charge on any atom is -0.457 e. The molecule has 0 radical (unpaired) electrons. The number of piperidine rings is 2. The fourth-order valence-corrected chi connectivity index (χ4v) is 10.9. The molecule has 2 unspecified atom stereocenters. The lowest BCUT2D eigenvalue weighted by molar-refractivity contribution is -0.136. The zero-order valence-electron chi connectivity index (χ0n) is 39.0. The number of carbonyl (C=O) groups excluding carboxylic acids is 5. The number of unbranched alkanes of at least 4 members (excludes halogenated alkanes) is 6. The SMILES string of the molecule is Nc1ncnc2c1c(-c1ccc(Oc3ccccc3)cc1)nn2C1CCCN(C(=O)/C=C/CN2CCN(CCCCCCCCCSc3cccc4c3C(=O)N(C3CCC(=O)NC3=O)C4=O)CC2)C1. The minimum absolute atomic E-state index is 0.0187. The van der Waals surface area contributed by atoms with Gasteiger partial charge in [0.1, 0.15) is 35.4 Å². The molecule has 3 fully saturated rings. The van der Waals surface area contributed by atoms with Crippen molar-refractivity contribution >= 4 is 58.1 Å². The summed E-state index contributed by atoms with van der Waals surface area (Å²) in [4.78, 5) is 81.6. The van der Waals surface area contributed by atoms with E-state index in [1.54, 1.807) is 30.0 Å². The molecule has 3 saturated heterocycles. The Morgan fingerprint density at radius 3 is 2.32 bits per heavy atom. The number of rotatable bonds is 19. The van der Waals surface area contributed by atoms with Crippen LogP contribution >= 0.6 is 11.8 Å². The van der Waals surface area contributed by atoms with Crippen LogP contribution in [0.5, 0.6) is 11.5 Å². The van der Waals surface area contributed by atoms with Crippen molar-refractivity contribution in [3.05, 3.63) is 102 Å². The van der Waals surface area contributed by atoms with Crippen molar-refractivity contribution in [3.63, 3.8) is 0 Å². The molecule has 3 N–H and O–H groups in total. The number of nitrogens with zero attached hydrogens (tertiary/aromatic N) is 8. The third-order valence-corrected chi connectivity index (χ3v) is 14.7. The van der Waals surface area contributed by atoms with E-state index < -0.39 is 23.8 Å². The highest BCUT2D eigenvalue weighted by Crippen LogP contribution is 2.37. The Bertz CT molecular complexity index is 2690. The highest BCUT2D eigenvalue weighted by molar-refractivity contribution is 7.99. The summed E-state index contributed by atoms with van der Waals surface area (Å²) in [5.74, 6) is 0.812. The fraction of sp³-hybridized carbons (Fsp3) is 0.423. The van der Waals surface area contributed by atoms with E-state index in [2.05, 4.69) is 25.1 Å². The van der Waals surface area contributed by atoms with E-state index in [1.165, 1.54) is 32.0 Å². The number of amides is 5. The lowest BCUT2D eigenvalue weighted by Crippen LogP contribution is -2.54. The molecule has 4 aliphatic rings. The largest absolute Gasteiger partial charge is 0.457 e. The second-order valence-corrected chi connectivity index (χ2v) is 19.4. The number of hydrogen-bond donors (Lipinski definition) is 2. The summed E-state index contributed by atoms with van der Waals surface area (Å²) in [7, 11) is 0. The van der Waals surface area contributed by atoms with Crippen LogP contribution in [0.3, 0.4) is 0 Å². The van der Waals surface area contributed by atoms with Crippen LogP contribution in [-0.2, 0) is 14.4 Å². The molecule has 69 heavy (non-hydrogen) atoms. The molecular formula is C52H60N10O6S. The molecule has 0 spiro atoms. The molecule has 5 amide bonds.